The number of hydrogen-bond donors (Lipinski definition) is 0. The number of rotatable bonds is 7. The van der Waals surface area contributed by atoms with Gasteiger partial charge in [0.2, 0.25) is 0 Å². The zero-order valence-corrected chi connectivity index (χ0v) is 16.2. The Morgan fingerprint density at radius 3 is 2.22 bits per heavy atom. The summed E-state index contributed by atoms with van der Waals surface area (Å²) in [7, 11) is 1.56. The van der Waals surface area contributed by atoms with Gasteiger partial charge in [-0.2, -0.15) is 0 Å². The molecule has 4 aliphatic rings. The standard InChI is InChI=1S/C22H28O5/c1-3-26-19-9-17(4-5-18(19)25-2)21(24)27-13-20(23)22-10-14-6-15(11-22)8-16(7-14)12-22/h4-5,9,14-16H,3,6-8,10-13H2,1-2H3. The highest BCUT2D eigenvalue weighted by Crippen LogP contribution is 2.60. The Hall–Kier alpha value is -2.04. The topological polar surface area (TPSA) is 61.8 Å². The monoisotopic (exact) mass is 372 g/mol. The summed E-state index contributed by atoms with van der Waals surface area (Å²) >= 11 is 0. The second kappa shape index (κ2) is 7.17. The molecule has 4 fully saturated rings. The lowest BCUT2D eigenvalue weighted by atomic mass is 9.48. The summed E-state index contributed by atoms with van der Waals surface area (Å²) in [5.74, 6) is 2.80. The third kappa shape index (κ3) is 3.44. The van der Waals surface area contributed by atoms with Crippen LogP contribution in [0.5, 0.6) is 11.5 Å². The summed E-state index contributed by atoms with van der Waals surface area (Å²) in [6.45, 7) is 2.22. The summed E-state index contributed by atoms with van der Waals surface area (Å²) in [6.07, 6.45) is 6.85. The largest absolute Gasteiger partial charge is 0.493 e. The Labute approximate surface area is 160 Å². The first kappa shape index (κ1) is 18.3. The molecule has 146 valence electrons. The Balaban J connectivity index is 1.41. The number of hydrogen-bond acceptors (Lipinski definition) is 5. The van der Waals surface area contributed by atoms with Crippen LogP contribution in [0.25, 0.3) is 0 Å². The first-order chi connectivity index (χ1) is 13.0. The van der Waals surface area contributed by atoms with Gasteiger partial charge in [-0.3, -0.25) is 4.79 Å². The molecule has 0 radical (unpaired) electrons. The minimum atomic E-state index is -0.489. The first-order valence-corrected chi connectivity index (χ1v) is 10.0. The molecule has 4 aliphatic carbocycles. The van der Waals surface area contributed by atoms with Gasteiger partial charge in [-0.05, 0) is 81.4 Å². The molecular formula is C22H28O5. The molecule has 0 saturated heterocycles. The molecule has 4 bridgehead atoms. The van der Waals surface area contributed by atoms with Crippen LogP contribution in [0, 0.1) is 23.2 Å². The molecule has 0 spiro atoms. The lowest BCUT2D eigenvalue weighted by molar-refractivity contribution is -0.147. The fourth-order valence-electron chi connectivity index (χ4n) is 5.89. The van der Waals surface area contributed by atoms with E-state index in [0.29, 0.717) is 41.4 Å². The smallest absolute Gasteiger partial charge is 0.338 e. The van der Waals surface area contributed by atoms with Crippen molar-refractivity contribution >= 4 is 11.8 Å². The first-order valence-electron chi connectivity index (χ1n) is 10.0. The van der Waals surface area contributed by atoms with E-state index in [9.17, 15) is 9.59 Å². The molecule has 1 aromatic carbocycles. The van der Waals surface area contributed by atoms with Crippen LogP contribution in [0.3, 0.4) is 0 Å². The fraction of sp³-hybridized carbons (Fsp3) is 0.636. The molecule has 0 amide bonds. The Morgan fingerprint density at radius 1 is 1.04 bits per heavy atom. The van der Waals surface area contributed by atoms with E-state index in [1.165, 1.54) is 19.3 Å². The summed E-state index contributed by atoms with van der Waals surface area (Å²) in [5.41, 5.74) is 0.142. The van der Waals surface area contributed by atoms with Crippen molar-refractivity contribution in [1.82, 2.24) is 0 Å². The second-order valence-corrected chi connectivity index (χ2v) is 8.50. The van der Waals surface area contributed by atoms with Gasteiger partial charge in [-0.25, -0.2) is 4.79 Å². The van der Waals surface area contributed by atoms with E-state index in [2.05, 4.69) is 0 Å². The van der Waals surface area contributed by atoms with Crippen molar-refractivity contribution in [2.75, 3.05) is 20.3 Å². The van der Waals surface area contributed by atoms with Crippen molar-refractivity contribution in [3.63, 3.8) is 0 Å². The third-order valence-electron chi connectivity index (χ3n) is 6.66. The van der Waals surface area contributed by atoms with E-state index in [-0.39, 0.29) is 17.8 Å². The van der Waals surface area contributed by atoms with Crippen molar-refractivity contribution in [1.29, 1.82) is 0 Å². The van der Waals surface area contributed by atoms with Gasteiger partial charge in [-0.15, -0.1) is 0 Å². The number of carbonyl (C=O) groups excluding carboxylic acids is 2. The van der Waals surface area contributed by atoms with E-state index in [4.69, 9.17) is 14.2 Å². The lowest BCUT2D eigenvalue weighted by Crippen LogP contribution is -2.51. The van der Waals surface area contributed by atoms with Gasteiger partial charge in [-0.1, -0.05) is 0 Å². The highest BCUT2D eigenvalue weighted by molar-refractivity contribution is 5.93. The Morgan fingerprint density at radius 2 is 1.67 bits per heavy atom. The van der Waals surface area contributed by atoms with E-state index >= 15 is 0 Å². The minimum Gasteiger partial charge on any atom is -0.493 e. The summed E-state index contributed by atoms with van der Waals surface area (Å²) in [5, 5.41) is 0. The van der Waals surface area contributed by atoms with Gasteiger partial charge >= 0.3 is 5.97 Å². The van der Waals surface area contributed by atoms with Gasteiger partial charge in [0.25, 0.3) is 0 Å². The number of methoxy groups -OCH3 is 1. The van der Waals surface area contributed by atoms with Gasteiger partial charge in [0.15, 0.2) is 23.9 Å². The van der Waals surface area contributed by atoms with Crippen LogP contribution in [0.15, 0.2) is 18.2 Å². The van der Waals surface area contributed by atoms with Gasteiger partial charge in [0.05, 0.1) is 19.3 Å². The molecule has 0 aliphatic heterocycles. The Bertz CT molecular complexity index is 703. The van der Waals surface area contributed by atoms with Crippen molar-refractivity contribution in [2.45, 2.75) is 45.4 Å². The summed E-state index contributed by atoms with van der Waals surface area (Å²) < 4.78 is 16.1. The van der Waals surface area contributed by atoms with E-state index in [1.807, 2.05) is 6.92 Å². The van der Waals surface area contributed by atoms with Crippen LogP contribution in [0.2, 0.25) is 0 Å². The van der Waals surface area contributed by atoms with Crippen molar-refractivity contribution in [2.24, 2.45) is 23.2 Å². The van der Waals surface area contributed by atoms with Crippen LogP contribution < -0.4 is 9.47 Å². The molecule has 0 aromatic heterocycles. The van der Waals surface area contributed by atoms with Crippen molar-refractivity contribution < 1.29 is 23.8 Å². The third-order valence-corrected chi connectivity index (χ3v) is 6.66. The minimum absolute atomic E-state index is 0.119. The highest BCUT2D eigenvalue weighted by Gasteiger charge is 2.54. The molecule has 4 saturated carbocycles. The fourth-order valence-corrected chi connectivity index (χ4v) is 5.89. The molecule has 0 unspecified atom stereocenters. The molecule has 5 heteroatoms. The number of carbonyl (C=O) groups is 2. The quantitative estimate of drug-likeness (QED) is 0.676. The molecule has 5 nitrogen and oxygen atoms in total. The zero-order valence-electron chi connectivity index (χ0n) is 16.2. The average molecular weight is 372 g/mol. The molecule has 0 N–H and O–H groups in total. The summed E-state index contributed by atoms with van der Waals surface area (Å²) in [6, 6.07) is 4.93. The molecular weight excluding hydrogens is 344 g/mol. The number of ketones is 1. The van der Waals surface area contributed by atoms with Crippen LogP contribution in [-0.4, -0.2) is 32.1 Å². The van der Waals surface area contributed by atoms with Crippen LogP contribution in [0.1, 0.15) is 55.8 Å². The van der Waals surface area contributed by atoms with Crippen LogP contribution >= 0.6 is 0 Å². The SMILES string of the molecule is CCOc1cc(C(=O)OCC(=O)C23CC4CC(CC(C4)C2)C3)ccc1OC. The summed E-state index contributed by atoms with van der Waals surface area (Å²) in [4.78, 5) is 25.4. The molecule has 27 heavy (non-hydrogen) atoms. The van der Waals surface area contributed by atoms with E-state index in [0.717, 1.165) is 19.3 Å². The maximum atomic E-state index is 13.0. The van der Waals surface area contributed by atoms with Crippen LogP contribution in [-0.2, 0) is 9.53 Å². The van der Waals surface area contributed by atoms with Gasteiger partial charge < -0.3 is 14.2 Å². The average Bonchev–Trinajstić information content (AvgIpc) is 2.65. The van der Waals surface area contributed by atoms with Gasteiger partial charge in [0.1, 0.15) is 0 Å². The predicted molar refractivity (Wildman–Crippen MR) is 100 cm³/mol. The number of Topliss-reactive ketones (excluding diaryl/α,β-unsaturated/α-hetero) is 1. The van der Waals surface area contributed by atoms with Gasteiger partial charge in [0, 0.05) is 5.41 Å². The maximum Gasteiger partial charge on any atom is 0.338 e. The van der Waals surface area contributed by atoms with Crippen LogP contribution in [0.4, 0.5) is 0 Å². The zero-order chi connectivity index (χ0) is 19.0. The number of benzene rings is 1. The van der Waals surface area contributed by atoms with E-state index < -0.39 is 5.97 Å². The number of esters is 1. The van der Waals surface area contributed by atoms with E-state index in [1.54, 1.807) is 25.3 Å². The lowest BCUT2D eigenvalue weighted by Gasteiger charge is -2.55. The van der Waals surface area contributed by atoms with Crippen molar-refractivity contribution in [3.05, 3.63) is 23.8 Å². The molecule has 1 aromatic rings. The van der Waals surface area contributed by atoms with Crippen molar-refractivity contribution in [3.8, 4) is 11.5 Å². The normalized spacial score (nSPS) is 30.8. The Kier molecular flexibility index (Phi) is 4.87. The highest BCUT2D eigenvalue weighted by atomic mass is 16.5. The maximum absolute atomic E-state index is 13.0. The molecule has 0 atom stereocenters. The molecule has 0 heterocycles. The predicted octanol–water partition coefficient (Wildman–Crippen LogP) is 4.04. The molecule has 5 rings (SSSR count). The second-order valence-electron chi connectivity index (χ2n) is 8.50. The number of ether oxygens (including phenoxy) is 3.